The van der Waals surface area contributed by atoms with Crippen LogP contribution in [0.3, 0.4) is 0 Å². The molecule has 0 aromatic rings. The second-order valence-corrected chi connectivity index (χ2v) is 6.26. The van der Waals surface area contributed by atoms with Crippen LogP contribution in [0, 0.1) is 5.92 Å². The van der Waals surface area contributed by atoms with Crippen LogP contribution in [0.15, 0.2) is 0 Å². The van der Waals surface area contributed by atoms with Crippen molar-refractivity contribution in [3.8, 4) is 0 Å². The van der Waals surface area contributed by atoms with Crippen molar-refractivity contribution in [2.45, 2.75) is 70.4 Å². The van der Waals surface area contributed by atoms with Crippen LogP contribution in [0.5, 0.6) is 0 Å². The fourth-order valence-electron chi connectivity index (χ4n) is 3.17. The second kappa shape index (κ2) is 9.10. The zero-order chi connectivity index (χ0) is 16.6. The smallest absolute Gasteiger partial charge is 0.326 e. The molecule has 6 nitrogen and oxygen atoms in total. The van der Waals surface area contributed by atoms with Crippen molar-refractivity contribution in [3.05, 3.63) is 0 Å². The minimum absolute atomic E-state index is 0.0496. The standard InChI is InChI=1S/C16H29NO5/c1-3-7-16(21,8-4-2)10-13(18)17-14(15(19)20)12-6-5-9-22-11-12/h12,14,21H,3-11H2,1-2H3,(H,17,18)(H,19,20). The largest absolute Gasteiger partial charge is 0.480 e. The van der Waals surface area contributed by atoms with Crippen molar-refractivity contribution < 1.29 is 24.5 Å². The van der Waals surface area contributed by atoms with Crippen molar-refractivity contribution >= 4 is 11.9 Å². The Labute approximate surface area is 132 Å². The highest BCUT2D eigenvalue weighted by Crippen LogP contribution is 2.24. The Kier molecular flexibility index (Phi) is 7.82. The van der Waals surface area contributed by atoms with Crippen LogP contribution in [0.1, 0.15) is 58.8 Å². The normalized spacial score (nSPS) is 20.4. The van der Waals surface area contributed by atoms with Crippen LogP contribution < -0.4 is 5.32 Å². The van der Waals surface area contributed by atoms with Crippen molar-refractivity contribution in [1.29, 1.82) is 0 Å². The van der Waals surface area contributed by atoms with Gasteiger partial charge in [0.2, 0.25) is 5.91 Å². The van der Waals surface area contributed by atoms with Crippen LogP contribution >= 0.6 is 0 Å². The molecule has 128 valence electrons. The summed E-state index contributed by atoms with van der Waals surface area (Å²) in [5, 5.41) is 22.4. The molecule has 1 rings (SSSR count). The van der Waals surface area contributed by atoms with E-state index in [4.69, 9.17) is 4.74 Å². The number of carbonyl (C=O) groups is 2. The number of hydrogen-bond donors (Lipinski definition) is 3. The molecule has 0 radical (unpaired) electrons. The number of aliphatic hydroxyl groups is 1. The molecular weight excluding hydrogens is 286 g/mol. The molecule has 0 aliphatic carbocycles. The quantitative estimate of drug-likeness (QED) is 0.602. The van der Waals surface area contributed by atoms with E-state index >= 15 is 0 Å². The summed E-state index contributed by atoms with van der Waals surface area (Å²) >= 11 is 0. The van der Waals surface area contributed by atoms with E-state index in [0.717, 1.165) is 25.7 Å². The van der Waals surface area contributed by atoms with Gasteiger partial charge in [-0.25, -0.2) is 4.79 Å². The van der Waals surface area contributed by atoms with Crippen molar-refractivity contribution in [2.75, 3.05) is 13.2 Å². The van der Waals surface area contributed by atoms with Crippen molar-refractivity contribution in [1.82, 2.24) is 5.32 Å². The first-order valence-corrected chi connectivity index (χ1v) is 8.24. The zero-order valence-electron chi connectivity index (χ0n) is 13.6. The van der Waals surface area contributed by atoms with Crippen LogP contribution in [-0.2, 0) is 14.3 Å². The van der Waals surface area contributed by atoms with E-state index in [-0.39, 0.29) is 12.3 Å². The number of ether oxygens (including phenoxy) is 1. The van der Waals surface area contributed by atoms with E-state index in [9.17, 15) is 19.8 Å². The molecule has 2 atom stereocenters. The number of hydrogen-bond acceptors (Lipinski definition) is 4. The number of nitrogens with one attached hydrogen (secondary N) is 1. The summed E-state index contributed by atoms with van der Waals surface area (Å²) < 4.78 is 5.31. The molecule has 0 aromatic heterocycles. The third-order valence-corrected chi connectivity index (χ3v) is 4.17. The lowest BCUT2D eigenvalue weighted by Gasteiger charge is -2.30. The van der Waals surface area contributed by atoms with Gasteiger partial charge in [-0.3, -0.25) is 4.79 Å². The van der Waals surface area contributed by atoms with E-state index in [1.54, 1.807) is 0 Å². The highest BCUT2D eigenvalue weighted by molar-refractivity contribution is 5.84. The fraction of sp³-hybridized carbons (Fsp3) is 0.875. The Bertz CT molecular complexity index is 360. The number of amides is 1. The Morgan fingerprint density at radius 3 is 2.41 bits per heavy atom. The lowest BCUT2D eigenvalue weighted by Crippen LogP contribution is -2.50. The number of aliphatic carboxylic acids is 1. The van der Waals surface area contributed by atoms with Gasteiger partial charge in [0.1, 0.15) is 6.04 Å². The van der Waals surface area contributed by atoms with Gasteiger partial charge >= 0.3 is 5.97 Å². The predicted molar refractivity (Wildman–Crippen MR) is 82.5 cm³/mol. The van der Waals surface area contributed by atoms with E-state index in [0.29, 0.717) is 26.1 Å². The average molecular weight is 315 g/mol. The highest BCUT2D eigenvalue weighted by Gasteiger charge is 2.34. The molecule has 1 fully saturated rings. The number of rotatable bonds is 9. The van der Waals surface area contributed by atoms with Gasteiger partial charge in [-0.2, -0.15) is 0 Å². The molecule has 1 saturated heterocycles. The SMILES string of the molecule is CCCC(O)(CCC)CC(=O)NC(C(=O)O)C1CCCOC1. The monoisotopic (exact) mass is 315 g/mol. The molecule has 1 aliphatic rings. The Hall–Kier alpha value is -1.14. The molecule has 0 saturated carbocycles. The van der Waals surface area contributed by atoms with Crippen LogP contribution in [0.4, 0.5) is 0 Å². The average Bonchev–Trinajstić information content (AvgIpc) is 2.45. The minimum Gasteiger partial charge on any atom is -0.480 e. The Balaban J connectivity index is 2.63. The maximum absolute atomic E-state index is 12.2. The molecule has 1 aliphatic heterocycles. The van der Waals surface area contributed by atoms with E-state index < -0.39 is 23.5 Å². The molecule has 0 spiro atoms. The van der Waals surface area contributed by atoms with Gasteiger partial charge in [-0.15, -0.1) is 0 Å². The van der Waals surface area contributed by atoms with Crippen molar-refractivity contribution in [2.24, 2.45) is 5.92 Å². The maximum Gasteiger partial charge on any atom is 0.326 e. The molecule has 0 bridgehead atoms. The first kappa shape index (κ1) is 18.9. The molecule has 6 heteroatoms. The predicted octanol–water partition coefficient (Wildman–Crippen LogP) is 1.70. The lowest BCUT2D eigenvalue weighted by atomic mass is 9.88. The summed E-state index contributed by atoms with van der Waals surface area (Å²) in [7, 11) is 0. The number of carbonyl (C=O) groups excluding carboxylic acids is 1. The Morgan fingerprint density at radius 1 is 1.32 bits per heavy atom. The summed E-state index contributed by atoms with van der Waals surface area (Å²) in [4.78, 5) is 23.6. The fourth-order valence-corrected chi connectivity index (χ4v) is 3.17. The minimum atomic E-state index is -1.04. The molecule has 2 unspecified atom stereocenters. The molecular formula is C16H29NO5. The van der Waals surface area contributed by atoms with Gasteiger partial charge in [0.25, 0.3) is 0 Å². The van der Waals surface area contributed by atoms with Gasteiger partial charge in [0, 0.05) is 12.5 Å². The lowest BCUT2D eigenvalue weighted by molar-refractivity contribution is -0.146. The van der Waals surface area contributed by atoms with Gasteiger partial charge in [0.05, 0.1) is 18.6 Å². The summed E-state index contributed by atoms with van der Waals surface area (Å²) in [6.45, 7) is 4.91. The first-order chi connectivity index (χ1) is 10.4. The Morgan fingerprint density at radius 2 is 1.95 bits per heavy atom. The second-order valence-electron chi connectivity index (χ2n) is 6.26. The molecule has 22 heavy (non-hydrogen) atoms. The van der Waals surface area contributed by atoms with E-state index in [2.05, 4.69) is 5.32 Å². The van der Waals surface area contributed by atoms with Gasteiger partial charge in [-0.1, -0.05) is 26.7 Å². The van der Waals surface area contributed by atoms with E-state index in [1.807, 2.05) is 13.8 Å². The summed E-state index contributed by atoms with van der Waals surface area (Å²) in [6.07, 6.45) is 4.12. The van der Waals surface area contributed by atoms with Crippen LogP contribution in [-0.4, -0.2) is 46.9 Å². The van der Waals surface area contributed by atoms with Crippen molar-refractivity contribution in [3.63, 3.8) is 0 Å². The first-order valence-electron chi connectivity index (χ1n) is 8.24. The highest BCUT2D eigenvalue weighted by atomic mass is 16.5. The third-order valence-electron chi connectivity index (χ3n) is 4.17. The summed E-state index contributed by atoms with van der Waals surface area (Å²) in [5.41, 5.74) is -1.04. The number of carboxylic acids is 1. The number of carboxylic acid groups (broad SMARTS) is 1. The molecule has 3 N–H and O–H groups in total. The van der Waals surface area contributed by atoms with Gasteiger partial charge in [0.15, 0.2) is 0 Å². The van der Waals surface area contributed by atoms with Gasteiger partial charge in [-0.05, 0) is 25.7 Å². The van der Waals surface area contributed by atoms with Gasteiger partial charge < -0.3 is 20.3 Å². The molecule has 1 heterocycles. The molecule has 1 amide bonds. The van der Waals surface area contributed by atoms with Crippen LogP contribution in [0.25, 0.3) is 0 Å². The van der Waals surface area contributed by atoms with Crippen LogP contribution in [0.2, 0.25) is 0 Å². The van der Waals surface area contributed by atoms with E-state index in [1.165, 1.54) is 0 Å². The summed E-state index contributed by atoms with van der Waals surface area (Å²) in [5.74, 6) is -1.65. The summed E-state index contributed by atoms with van der Waals surface area (Å²) in [6, 6.07) is -0.944. The zero-order valence-corrected chi connectivity index (χ0v) is 13.6. The maximum atomic E-state index is 12.2. The topological polar surface area (TPSA) is 95.9 Å². The third kappa shape index (κ3) is 5.93. The molecule has 0 aromatic carbocycles.